The molecule has 0 spiro atoms. The fourth-order valence-corrected chi connectivity index (χ4v) is 3.51. The van der Waals surface area contributed by atoms with Crippen LogP contribution < -0.4 is 0 Å². The van der Waals surface area contributed by atoms with Gasteiger partial charge in [-0.3, -0.25) is 4.79 Å². The van der Waals surface area contributed by atoms with E-state index in [0.29, 0.717) is 21.3 Å². The average Bonchev–Trinajstić information content (AvgIpc) is 2.32. The number of benzene rings is 1. The summed E-state index contributed by atoms with van der Waals surface area (Å²) in [4.78, 5) is 14.7. The van der Waals surface area contributed by atoms with Crippen molar-refractivity contribution in [2.45, 2.75) is 18.2 Å². The molecule has 0 radical (unpaired) electrons. The van der Waals surface area contributed by atoms with Gasteiger partial charge in [0.2, 0.25) is 0 Å². The maximum Gasteiger partial charge on any atom is 0.255 e. The van der Waals surface area contributed by atoms with Gasteiger partial charge in [-0.15, -0.1) is 0 Å². The summed E-state index contributed by atoms with van der Waals surface area (Å²) >= 11 is 12.9. The lowest BCUT2D eigenvalue weighted by atomic mass is 9.98. The second-order valence-electron chi connectivity index (χ2n) is 4.66. The van der Waals surface area contributed by atoms with Crippen LogP contribution >= 0.6 is 43.5 Å². The van der Waals surface area contributed by atoms with E-state index in [1.54, 1.807) is 18.2 Å². The Morgan fingerprint density at radius 1 is 1.50 bits per heavy atom. The molecule has 0 saturated carbocycles. The minimum atomic E-state index is 0.0647. The highest BCUT2D eigenvalue weighted by Gasteiger charge is 2.28. The number of amides is 1. The second-order valence-corrected chi connectivity index (χ2v) is 7.12. The molecule has 1 saturated heterocycles. The number of alkyl halides is 1. The van der Waals surface area contributed by atoms with Crippen LogP contribution in [-0.2, 0) is 0 Å². The molecule has 2 unspecified atom stereocenters. The van der Waals surface area contributed by atoms with Crippen LogP contribution in [0.15, 0.2) is 22.7 Å². The van der Waals surface area contributed by atoms with Crippen LogP contribution in [-0.4, -0.2) is 28.7 Å². The molecule has 0 aliphatic carbocycles. The molecule has 1 aromatic rings. The maximum atomic E-state index is 12.4. The Hall–Kier alpha value is -0.0600. The molecule has 2 nitrogen and oxygen atoms in total. The smallest absolute Gasteiger partial charge is 0.255 e. The molecule has 2 atom stereocenters. The van der Waals surface area contributed by atoms with E-state index in [1.165, 1.54) is 0 Å². The Labute approximate surface area is 129 Å². The van der Waals surface area contributed by atoms with E-state index in [2.05, 4.69) is 38.8 Å². The van der Waals surface area contributed by atoms with Crippen molar-refractivity contribution >= 4 is 49.4 Å². The number of nitrogens with zero attached hydrogens (tertiary/aromatic N) is 1. The number of likely N-dealkylation sites (tertiary alicyclic amines) is 1. The van der Waals surface area contributed by atoms with E-state index in [-0.39, 0.29) is 5.91 Å². The molecule has 1 heterocycles. The van der Waals surface area contributed by atoms with Gasteiger partial charge in [0.15, 0.2) is 0 Å². The highest BCUT2D eigenvalue weighted by Crippen LogP contribution is 2.27. The lowest BCUT2D eigenvalue weighted by Crippen LogP contribution is -2.43. The van der Waals surface area contributed by atoms with Gasteiger partial charge in [0.1, 0.15) is 0 Å². The Bertz CT molecular complexity index is 466. The standard InChI is InChI=1S/C13H14Br2ClNO/c1-8-4-5-17(7-12(8)15)13(18)10-3-2-9(16)6-11(10)14/h2-3,6,8,12H,4-5,7H2,1H3. The number of carbonyl (C=O) groups excluding carboxylic acids is 1. The molecule has 1 aliphatic heterocycles. The van der Waals surface area contributed by atoms with Gasteiger partial charge in [0.25, 0.3) is 5.91 Å². The van der Waals surface area contributed by atoms with Crippen LogP contribution in [0.3, 0.4) is 0 Å². The summed E-state index contributed by atoms with van der Waals surface area (Å²) in [7, 11) is 0. The summed E-state index contributed by atoms with van der Waals surface area (Å²) in [6, 6.07) is 5.28. The van der Waals surface area contributed by atoms with Gasteiger partial charge in [-0.05, 0) is 46.5 Å². The van der Waals surface area contributed by atoms with E-state index in [0.717, 1.165) is 24.0 Å². The lowest BCUT2D eigenvalue weighted by Gasteiger charge is -2.34. The van der Waals surface area contributed by atoms with E-state index < -0.39 is 0 Å². The van der Waals surface area contributed by atoms with Gasteiger partial charge in [0.05, 0.1) is 5.56 Å². The highest BCUT2D eigenvalue weighted by atomic mass is 79.9. The zero-order valence-corrected chi connectivity index (χ0v) is 13.9. The third kappa shape index (κ3) is 3.09. The van der Waals surface area contributed by atoms with Crippen LogP contribution in [0.1, 0.15) is 23.7 Å². The Morgan fingerprint density at radius 2 is 2.22 bits per heavy atom. The van der Waals surface area contributed by atoms with E-state index >= 15 is 0 Å². The summed E-state index contributed by atoms with van der Waals surface area (Å²) in [5, 5.41) is 0.629. The van der Waals surface area contributed by atoms with Crippen molar-refractivity contribution in [1.82, 2.24) is 4.90 Å². The average molecular weight is 396 g/mol. The third-order valence-corrected chi connectivity index (χ3v) is 5.40. The third-order valence-electron chi connectivity index (χ3n) is 3.32. The summed E-state index contributed by atoms with van der Waals surface area (Å²) in [5.74, 6) is 0.678. The highest BCUT2D eigenvalue weighted by molar-refractivity contribution is 9.10. The van der Waals surface area contributed by atoms with Crippen molar-refractivity contribution in [3.05, 3.63) is 33.3 Å². The second kappa shape index (κ2) is 5.93. The van der Waals surface area contributed by atoms with Gasteiger partial charge >= 0.3 is 0 Å². The maximum absolute atomic E-state index is 12.4. The van der Waals surface area contributed by atoms with Crippen LogP contribution in [0.25, 0.3) is 0 Å². The Morgan fingerprint density at radius 3 is 2.83 bits per heavy atom. The van der Waals surface area contributed by atoms with Gasteiger partial charge in [-0.25, -0.2) is 0 Å². The predicted molar refractivity (Wildman–Crippen MR) is 81.6 cm³/mol. The molecule has 1 aliphatic rings. The molecule has 1 amide bonds. The zero-order chi connectivity index (χ0) is 13.3. The normalized spacial score (nSPS) is 24.1. The van der Waals surface area contributed by atoms with Crippen molar-refractivity contribution in [2.24, 2.45) is 5.92 Å². The van der Waals surface area contributed by atoms with E-state index in [4.69, 9.17) is 11.6 Å². The molecular weight excluding hydrogens is 381 g/mol. The SMILES string of the molecule is CC1CCN(C(=O)c2ccc(Cl)cc2Br)CC1Br. The molecule has 2 rings (SSSR count). The lowest BCUT2D eigenvalue weighted by molar-refractivity contribution is 0.0705. The van der Waals surface area contributed by atoms with Gasteiger partial charge in [-0.1, -0.05) is 34.5 Å². The fraction of sp³-hybridized carbons (Fsp3) is 0.462. The first kappa shape index (κ1) is 14.4. The molecule has 98 valence electrons. The summed E-state index contributed by atoms with van der Waals surface area (Å²) in [5.41, 5.74) is 0.675. The molecule has 0 aromatic heterocycles. The number of piperidine rings is 1. The summed E-state index contributed by atoms with van der Waals surface area (Å²) in [6.07, 6.45) is 1.03. The first-order valence-corrected chi connectivity index (χ1v) is 7.96. The van der Waals surface area contributed by atoms with E-state index in [1.807, 2.05) is 4.90 Å². The minimum absolute atomic E-state index is 0.0647. The molecule has 1 fully saturated rings. The van der Waals surface area contributed by atoms with Crippen LogP contribution in [0.4, 0.5) is 0 Å². The molecular formula is C13H14Br2ClNO. The fourth-order valence-electron chi connectivity index (χ4n) is 2.04. The van der Waals surface area contributed by atoms with Crippen molar-refractivity contribution in [3.63, 3.8) is 0 Å². The van der Waals surface area contributed by atoms with Gasteiger partial charge < -0.3 is 4.90 Å². The number of halogens is 3. The van der Waals surface area contributed by atoms with Crippen molar-refractivity contribution < 1.29 is 4.79 Å². The van der Waals surface area contributed by atoms with Crippen LogP contribution in [0.2, 0.25) is 5.02 Å². The Kier molecular flexibility index (Phi) is 4.73. The molecule has 0 N–H and O–H groups in total. The van der Waals surface area contributed by atoms with Crippen LogP contribution in [0, 0.1) is 5.92 Å². The minimum Gasteiger partial charge on any atom is -0.337 e. The first-order chi connectivity index (χ1) is 8.49. The molecule has 5 heteroatoms. The Balaban J connectivity index is 2.16. The van der Waals surface area contributed by atoms with Crippen molar-refractivity contribution in [3.8, 4) is 0 Å². The largest absolute Gasteiger partial charge is 0.337 e. The monoisotopic (exact) mass is 393 g/mol. The van der Waals surface area contributed by atoms with Gasteiger partial charge in [-0.2, -0.15) is 0 Å². The van der Waals surface area contributed by atoms with Crippen LogP contribution in [0.5, 0.6) is 0 Å². The van der Waals surface area contributed by atoms with Crippen molar-refractivity contribution in [2.75, 3.05) is 13.1 Å². The number of hydrogen-bond acceptors (Lipinski definition) is 1. The number of rotatable bonds is 1. The summed E-state index contributed by atoms with van der Waals surface area (Å²) in [6.45, 7) is 3.78. The summed E-state index contributed by atoms with van der Waals surface area (Å²) < 4.78 is 0.754. The predicted octanol–water partition coefficient (Wildman–Crippen LogP) is 4.35. The molecule has 18 heavy (non-hydrogen) atoms. The quantitative estimate of drug-likeness (QED) is 0.648. The molecule has 1 aromatic carbocycles. The zero-order valence-electron chi connectivity index (χ0n) is 10.00. The molecule has 0 bridgehead atoms. The topological polar surface area (TPSA) is 20.3 Å². The van der Waals surface area contributed by atoms with Crippen molar-refractivity contribution in [1.29, 1.82) is 0 Å². The first-order valence-electron chi connectivity index (χ1n) is 5.87. The van der Waals surface area contributed by atoms with Gasteiger partial charge in [0, 0.05) is 27.4 Å². The number of carbonyl (C=O) groups is 1. The number of hydrogen-bond donors (Lipinski definition) is 0. The van der Waals surface area contributed by atoms with E-state index in [9.17, 15) is 4.79 Å².